The number of methoxy groups -OCH3 is 2. The van der Waals surface area contributed by atoms with E-state index >= 15 is 0 Å². The van der Waals surface area contributed by atoms with Crippen molar-refractivity contribution in [2.24, 2.45) is 10.8 Å². The molecule has 0 aliphatic carbocycles. The SMILES string of the molecule is COc1ncc(COc2ccc([C@@H]3c4ccccc4CCN3C(=O)OCC34CCN(CC3)CC4)cc2)cn1.COc1ncc(COc2ccccc2)cn1.O=C(OCC12CCN(CC1)CC2)N1CCc2ccccc2C1. The van der Waals surface area contributed by atoms with Crippen molar-refractivity contribution in [3.05, 3.63) is 167 Å². The van der Waals surface area contributed by atoms with Gasteiger partial charge < -0.3 is 43.1 Å². The number of benzene rings is 4. The molecule has 6 aromatic rings. The number of ether oxygens (including phenoxy) is 6. The fourth-order valence-electron chi connectivity index (χ4n) is 11.2. The van der Waals surface area contributed by atoms with Gasteiger partial charge in [0.15, 0.2) is 0 Å². The average molecular weight is 1030 g/mol. The third kappa shape index (κ3) is 13.0. The monoisotopic (exact) mass is 1030 g/mol. The minimum absolute atomic E-state index is 0.128. The van der Waals surface area contributed by atoms with Gasteiger partial charge in [0.1, 0.15) is 24.7 Å². The molecule has 0 radical (unpaired) electrons. The second kappa shape index (κ2) is 24.6. The minimum Gasteiger partial charge on any atom is -0.489 e. The smallest absolute Gasteiger partial charge is 0.410 e. The van der Waals surface area contributed by atoms with E-state index in [9.17, 15) is 9.59 Å². The molecule has 0 unspecified atom stereocenters. The third-order valence-corrected chi connectivity index (χ3v) is 16.1. The summed E-state index contributed by atoms with van der Waals surface area (Å²) in [6.07, 6.45) is 15.1. The summed E-state index contributed by atoms with van der Waals surface area (Å²) in [7, 11) is 3.08. The molecule has 76 heavy (non-hydrogen) atoms. The molecule has 0 spiro atoms. The Bertz CT molecular complexity index is 2800. The van der Waals surface area contributed by atoms with Gasteiger partial charge in [-0.25, -0.2) is 29.5 Å². The first kappa shape index (κ1) is 52.2. The van der Waals surface area contributed by atoms with Crippen LogP contribution in [0.1, 0.15) is 83.5 Å². The lowest BCUT2D eigenvalue weighted by molar-refractivity contribution is -0.0300. The van der Waals surface area contributed by atoms with Gasteiger partial charge in [-0.15, -0.1) is 0 Å². The molecular weight excluding hydrogens is 961 g/mol. The number of carbonyl (C=O) groups excluding carboxylic acids is 2. The normalized spacial score (nSPS) is 22.7. The summed E-state index contributed by atoms with van der Waals surface area (Å²) in [5.74, 6) is 1.57. The zero-order chi connectivity index (χ0) is 52.2. The molecule has 16 nitrogen and oxygen atoms in total. The van der Waals surface area contributed by atoms with Crippen LogP contribution in [0.3, 0.4) is 0 Å². The number of hydrogen-bond donors (Lipinski definition) is 0. The number of rotatable bonds is 13. The van der Waals surface area contributed by atoms with Gasteiger partial charge in [0, 0.05) is 66.4 Å². The molecule has 10 heterocycles. The van der Waals surface area contributed by atoms with E-state index in [2.05, 4.69) is 66.1 Å². The number of aromatic nitrogens is 4. The van der Waals surface area contributed by atoms with E-state index in [4.69, 9.17) is 28.4 Å². The molecule has 8 aliphatic rings. The Balaban J connectivity index is 0.000000145. The van der Waals surface area contributed by atoms with E-state index in [0.29, 0.717) is 51.5 Å². The molecule has 2 aromatic heterocycles. The van der Waals surface area contributed by atoms with Crippen LogP contribution in [-0.2, 0) is 42.1 Å². The number of amides is 2. The van der Waals surface area contributed by atoms with E-state index in [1.807, 2.05) is 76.5 Å². The van der Waals surface area contributed by atoms with Crippen LogP contribution in [0.4, 0.5) is 9.59 Å². The van der Waals surface area contributed by atoms with E-state index in [0.717, 1.165) is 92.0 Å². The van der Waals surface area contributed by atoms with Crippen LogP contribution >= 0.6 is 0 Å². The van der Waals surface area contributed by atoms with Gasteiger partial charge in [-0.3, -0.25) is 4.90 Å². The lowest BCUT2D eigenvalue weighted by Crippen LogP contribution is -2.51. The first-order chi connectivity index (χ1) is 37.2. The molecular formula is C60H70N8O8. The van der Waals surface area contributed by atoms with Crippen molar-refractivity contribution >= 4 is 12.2 Å². The van der Waals surface area contributed by atoms with Gasteiger partial charge in [-0.2, -0.15) is 0 Å². The Morgan fingerprint density at radius 1 is 0.513 bits per heavy atom. The Hall–Kier alpha value is -7.30. The summed E-state index contributed by atoms with van der Waals surface area (Å²) in [6.45, 7) is 10.9. The highest BCUT2D eigenvalue weighted by molar-refractivity contribution is 5.70. The molecule has 6 fully saturated rings. The third-order valence-electron chi connectivity index (χ3n) is 16.1. The van der Waals surface area contributed by atoms with E-state index in [-0.39, 0.29) is 29.1 Å². The van der Waals surface area contributed by atoms with E-state index in [1.54, 1.807) is 24.8 Å². The van der Waals surface area contributed by atoms with Gasteiger partial charge >= 0.3 is 24.2 Å². The van der Waals surface area contributed by atoms with Crippen LogP contribution in [0.25, 0.3) is 0 Å². The Labute approximate surface area is 446 Å². The van der Waals surface area contributed by atoms with Gasteiger partial charge in [0.25, 0.3) is 0 Å². The fourth-order valence-corrected chi connectivity index (χ4v) is 11.2. The number of para-hydroxylation sites is 1. The maximum atomic E-state index is 13.5. The summed E-state index contributed by atoms with van der Waals surface area (Å²) in [5, 5.41) is 0. The molecule has 14 rings (SSSR count). The Morgan fingerprint density at radius 2 is 0.974 bits per heavy atom. The van der Waals surface area contributed by atoms with Gasteiger partial charge in [0.05, 0.1) is 33.5 Å². The maximum absolute atomic E-state index is 13.5. The summed E-state index contributed by atoms with van der Waals surface area (Å²) < 4.78 is 33.2. The van der Waals surface area contributed by atoms with E-state index in [1.165, 1.54) is 69.8 Å². The van der Waals surface area contributed by atoms with Crippen molar-refractivity contribution < 1.29 is 38.0 Å². The molecule has 0 N–H and O–H groups in total. The van der Waals surface area contributed by atoms with Gasteiger partial charge in [-0.1, -0.05) is 78.9 Å². The molecule has 0 saturated carbocycles. The summed E-state index contributed by atoms with van der Waals surface area (Å²) >= 11 is 0. The zero-order valence-electron chi connectivity index (χ0n) is 43.9. The number of hydrogen-bond acceptors (Lipinski definition) is 14. The van der Waals surface area contributed by atoms with Gasteiger partial charge in [0.2, 0.25) is 0 Å². The first-order valence-corrected chi connectivity index (χ1v) is 26.8. The molecule has 2 amide bonds. The van der Waals surface area contributed by atoms with Crippen LogP contribution < -0.4 is 18.9 Å². The second-order valence-electron chi connectivity index (χ2n) is 20.9. The quantitative estimate of drug-likeness (QED) is 0.108. The molecule has 4 aromatic carbocycles. The standard InChI is InChI=1S/C30H34N4O4.C18H24N2O2.C12H12N2O2/c1-36-28-31-18-22(19-32-28)20-37-25-8-6-24(7-9-25)27-26-5-3-2-4-23(26)10-14-34(27)29(35)38-21-30-11-15-33(16-12-30)17-13-30;21-17(20-9-5-15-3-1-2-4-16(15)13-20)22-14-18-6-10-19(11-7-18)12-8-18;1-15-12-13-7-10(8-14-12)9-16-11-5-3-2-4-6-11/h2-9,18-19,27H,10-17,20-21H2,1H3;1-4H,5-14H2;2-8H,9H2,1H3/t27-;;/m1../s1. The predicted octanol–water partition coefficient (Wildman–Crippen LogP) is 9.37. The molecule has 8 aliphatic heterocycles. The van der Waals surface area contributed by atoms with E-state index < -0.39 is 0 Å². The van der Waals surface area contributed by atoms with Crippen molar-refractivity contribution in [3.63, 3.8) is 0 Å². The maximum Gasteiger partial charge on any atom is 0.410 e. The second-order valence-corrected chi connectivity index (χ2v) is 20.9. The van der Waals surface area contributed by atoms with Crippen LogP contribution in [0, 0.1) is 10.8 Å². The average Bonchev–Trinajstić information content (AvgIpc) is 3.54. The number of piperidine rings is 6. The lowest BCUT2D eigenvalue weighted by Gasteiger charge is -2.48. The minimum atomic E-state index is -0.216. The molecule has 4 bridgehead atoms. The summed E-state index contributed by atoms with van der Waals surface area (Å²) in [6, 6.07) is 34.9. The molecule has 6 saturated heterocycles. The first-order valence-electron chi connectivity index (χ1n) is 26.8. The highest BCUT2D eigenvalue weighted by Gasteiger charge is 2.43. The van der Waals surface area contributed by atoms with Gasteiger partial charge in [-0.05, 0) is 143 Å². The number of carbonyl (C=O) groups is 2. The molecule has 1 atom stereocenters. The van der Waals surface area contributed by atoms with Crippen LogP contribution in [0.2, 0.25) is 0 Å². The van der Waals surface area contributed by atoms with Crippen molar-refractivity contribution in [2.45, 2.75) is 77.2 Å². The predicted molar refractivity (Wildman–Crippen MR) is 286 cm³/mol. The van der Waals surface area contributed by atoms with Crippen LogP contribution in [-0.4, -0.2) is 132 Å². The fraction of sp³-hybridized carbons (Fsp3) is 0.433. The largest absolute Gasteiger partial charge is 0.489 e. The van der Waals surface area contributed by atoms with Crippen LogP contribution in [0.15, 0.2) is 128 Å². The topological polar surface area (TPSA) is 154 Å². The van der Waals surface area contributed by atoms with Crippen molar-refractivity contribution in [2.75, 3.05) is 79.8 Å². The number of fused-ring (bicyclic) bond motifs is 8. The highest BCUT2D eigenvalue weighted by Crippen LogP contribution is 2.42. The Morgan fingerprint density at radius 3 is 1.51 bits per heavy atom. The highest BCUT2D eigenvalue weighted by atomic mass is 16.6. The summed E-state index contributed by atoms with van der Waals surface area (Å²) in [5.41, 5.74) is 8.28. The Kier molecular flexibility index (Phi) is 16.9. The van der Waals surface area contributed by atoms with Crippen LogP contribution in [0.5, 0.6) is 23.5 Å². The molecule has 398 valence electrons. The lowest BCUT2D eigenvalue weighted by atomic mass is 9.73. The number of nitrogens with zero attached hydrogens (tertiary/aromatic N) is 8. The van der Waals surface area contributed by atoms with Crippen molar-refractivity contribution in [3.8, 4) is 23.5 Å². The summed E-state index contributed by atoms with van der Waals surface area (Å²) in [4.78, 5) is 51.0. The van der Waals surface area contributed by atoms with Crippen molar-refractivity contribution in [1.29, 1.82) is 0 Å². The van der Waals surface area contributed by atoms with Crippen molar-refractivity contribution in [1.82, 2.24) is 39.5 Å². The molecule has 16 heteroatoms. The zero-order valence-corrected chi connectivity index (χ0v) is 43.9.